The monoisotopic (exact) mass is 509 g/mol. The Morgan fingerprint density at radius 3 is 2.55 bits per heavy atom. The van der Waals surface area contributed by atoms with Gasteiger partial charge in [-0.1, -0.05) is 17.7 Å². The van der Waals surface area contributed by atoms with Gasteiger partial charge < -0.3 is 19.9 Å². The quantitative estimate of drug-likeness (QED) is 0.481. The number of hydrogen-bond donors (Lipinski definition) is 1. The van der Waals surface area contributed by atoms with E-state index in [2.05, 4.69) is 60.2 Å². The first-order chi connectivity index (χ1) is 16.0. The van der Waals surface area contributed by atoms with E-state index in [0.29, 0.717) is 15.9 Å². The molecule has 2 aliphatic rings. The molecular weight excluding hydrogens is 485 g/mol. The van der Waals surface area contributed by atoms with E-state index in [4.69, 9.17) is 4.74 Å². The van der Waals surface area contributed by atoms with Crippen molar-refractivity contribution in [3.8, 4) is 11.6 Å². The number of ether oxygens (including phenoxy) is 1. The number of likely N-dealkylation sites (N-methyl/N-ethyl adjacent to an activating group) is 1. The molecule has 1 N–H and O–H groups in total. The van der Waals surface area contributed by atoms with Gasteiger partial charge in [0.1, 0.15) is 10.8 Å². The molecule has 0 unspecified atom stereocenters. The molecule has 8 heteroatoms. The predicted octanol–water partition coefficient (Wildman–Crippen LogP) is 5.63. The maximum absolute atomic E-state index is 15.0. The summed E-state index contributed by atoms with van der Waals surface area (Å²) in [4.78, 5) is 13.2. The van der Waals surface area contributed by atoms with Crippen molar-refractivity contribution in [1.82, 2.24) is 14.9 Å². The van der Waals surface area contributed by atoms with Crippen molar-refractivity contribution < 1.29 is 9.13 Å². The number of hydrogen-bond acceptors (Lipinski definition) is 6. The summed E-state index contributed by atoms with van der Waals surface area (Å²) in [6, 6.07) is 11.8. The number of piperazine rings is 1. The van der Waals surface area contributed by atoms with Gasteiger partial charge in [-0.2, -0.15) is 0 Å². The standard InChI is InChI=1S/C25H25BrFN5O/c1-16-13-17-3-8-21(23(27)20(17)14-16)33-25-22(26)24(28-15-29-25)30-18-4-6-19(7-5-18)32-11-9-31(2)10-12-32/h3-8,14-15H,9-13H2,1-2H3,(H,28,29,30). The van der Waals surface area contributed by atoms with Gasteiger partial charge in [-0.3, -0.25) is 0 Å². The zero-order valence-electron chi connectivity index (χ0n) is 18.6. The molecule has 5 rings (SSSR count). The number of allylic oxidation sites excluding steroid dienone is 1. The molecule has 1 aliphatic heterocycles. The second-order valence-electron chi connectivity index (χ2n) is 8.52. The van der Waals surface area contributed by atoms with Crippen LogP contribution >= 0.6 is 15.9 Å². The van der Waals surface area contributed by atoms with Crippen molar-refractivity contribution in [3.63, 3.8) is 0 Å². The van der Waals surface area contributed by atoms with Gasteiger partial charge in [0.25, 0.3) is 0 Å². The largest absolute Gasteiger partial charge is 0.435 e. The van der Waals surface area contributed by atoms with Crippen LogP contribution in [0.3, 0.4) is 0 Å². The van der Waals surface area contributed by atoms with Crippen molar-refractivity contribution in [2.75, 3.05) is 43.4 Å². The number of benzene rings is 2. The van der Waals surface area contributed by atoms with Crippen molar-refractivity contribution in [1.29, 1.82) is 0 Å². The minimum Gasteiger partial charge on any atom is -0.435 e. The topological polar surface area (TPSA) is 53.5 Å². The van der Waals surface area contributed by atoms with Crippen LogP contribution in [0, 0.1) is 5.82 Å². The maximum Gasteiger partial charge on any atom is 0.239 e. The summed E-state index contributed by atoms with van der Waals surface area (Å²) in [6.45, 7) is 6.18. The Labute approximate surface area is 201 Å². The van der Waals surface area contributed by atoms with Crippen molar-refractivity contribution in [3.05, 3.63) is 69.7 Å². The predicted molar refractivity (Wildman–Crippen MR) is 133 cm³/mol. The molecule has 1 saturated heterocycles. The number of nitrogens with zero attached hydrogens (tertiary/aromatic N) is 4. The number of fused-ring (bicyclic) bond motifs is 1. The number of aromatic nitrogens is 2. The number of anilines is 3. The highest BCUT2D eigenvalue weighted by atomic mass is 79.9. The molecule has 0 saturated carbocycles. The Hall–Kier alpha value is -2.97. The SMILES string of the molecule is CC1=Cc2c(ccc(Oc3ncnc(Nc4ccc(N5CCN(C)CC5)cc4)c3Br)c2F)C1. The summed E-state index contributed by atoms with van der Waals surface area (Å²) in [5, 5.41) is 3.29. The Morgan fingerprint density at radius 2 is 1.79 bits per heavy atom. The van der Waals surface area contributed by atoms with Gasteiger partial charge in [-0.25, -0.2) is 14.4 Å². The molecular formula is C25H25BrFN5O. The van der Waals surface area contributed by atoms with Crippen LogP contribution in [0.4, 0.5) is 21.6 Å². The summed E-state index contributed by atoms with van der Waals surface area (Å²) in [5.41, 5.74) is 4.79. The van der Waals surface area contributed by atoms with Crippen LogP contribution < -0.4 is 15.0 Å². The molecule has 1 fully saturated rings. The fraction of sp³-hybridized carbons (Fsp3) is 0.280. The third kappa shape index (κ3) is 4.58. The second-order valence-corrected chi connectivity index (χ2v) is 9.32. The molecule has 0 spiro atoms. The van der Waals surface area contributed by atoms with Crippen LogP contribution in [-0.2, 0) is 6.42 Å². The molecule has 2 aromatic carbocycles. The van der Waals surface area contributed by atoms with Crippen LogP contribution in [0.1, 0.15) is 18.1 Å². The molecule has 1 aromatic heterocycles. The molecule has 33 heavy (non-hydrogen) atoms. The lowest BCUT2D eigenvalue weighted by Crippen LogP contribution is -2.44. The molecule has 0 bridgehead atoms. The number of rotatable bonds is 5. The van der Waals surface area contributed by atoms with E-state index >= 15 is 0 Å². The van der Waals surface area contributed by atoms with E-state index in [1.807, 2.05) is 31.2 Å². The molecule has 6 nitrogen and oxygen atoms in total. The van der Waals surface area contributed by atoms with E-state index < -0.39 is 0 Å². The molecule has 0 atom stereocenters. The Morgan fingerprint density at radius 1 is 1.03 bits per heavy atom. The van der Waals surface area contributed by atoms with E-state index in [0.717, 1.165) is 49.4 Å². The highest BCUT2D eigenvalue weighted by Gasteiger charge is 2.20. The van der Waals surface area contributed by atoms with Crippen LogP contribution in [0.15, 0.2) is 52.8 Å². The van der Waals surface area contributed by atoms with Gasteiger partial charge in [0, 0.05) is 43.1 Å². The van der Waals surface area contributed by atoms with Crippen LogP contribution in [0.5, 0.6) is 11.6 Å². The van der Waals surface area contributed by atoms with Gasteiger partial charge in [0.2, 0.25) is 5.88 Å². The average molecular weight is 510 g/mol. The highest BCUT2D eigenvalue weighted by Crippen LogP contribution is 2.37. The number of halogens is 2. The zero-order chi connectivity index (χ0) is 22.9. The lowest BCUT2D eigenvalue weighted by atomic mass is 10.1. The zero-order valence-corrected chi connectivity index (χ0v) is 20.2. The lowest BCUT2D eigenvalue weighted by Gasteiger charge is -2.34. The summed E-state index contributed by atoms with van der Waals surface area (Å²) in [6.07, 6.45) is 4.03. The van der Waals surface area contributed by atoms with Gasteiger partial charge >= 0.3 is 0 Å². The maximum atomic E-state index is 15.0. The van der Waals surface area contributed by atoms with E-state index in [1.54, 1.807) is 6.07 Å². The third-order valence-electron chi connectivity index (χ3n) is 6.06. The summed E-state index contributed by atoms with van der Waals surface area (Å²) < 4.78 is 21.3. The van der Waals surface area contributed by atoms with Crippen molar-refractivity contribution >= 4 is 39.2 Å². The third-order valence-corrected chi connectivity index (χ3v) is 6.77. The average Bonchev–Trinajstić information content (AvgIpc) is 3.20. The minimum absolute atomic E-state index is 0.140. The summed E-state index contributed by atoms with van der Waals surface area (Å²) >= 11 is 3.52. The Bertz CT molecular complexity index is 1210. The molecule has 0 amide bonds. The van der Waals surface area contributed by atoms with E-state index in [-0.39, 0.29) is 17.4 Å². The van der Waals surface area contributed by atoms with Crippen molar-refractivity contribution in [2.45, 2.75) is 13.3 Å². The molecule has 0 radical (unpaired) electrons. The van der Waals surface area contributed by atoms with Crippen LogP contribution in [0.2, 0.25) is 0 Å². The first-order valence-corrected chi connectivity index (χ1v) is 11.7. The lowest BCUT2D eigenvalue weighted by molar-refractivity contribution is 0.313. The van der Waals surface area contributed by atoms with E-state index in [1.165, 1.54) is 12.0 Å². The minimum atomic E-state index is -0.371. The smallest absolute Gasteiger partial charge is 0.239 e. The Balaban J connectivity index is 1.32. The van der Waals surface area contributed by atoms with Crippen LogP contribution in [0.25, 0.3) is 6.08 Å². The second kappa shape index (κ2) is 9.11. The fourth-order valence-corrected chi connectivity index (χ4v) is 4.56. The summed E-state index contributed by atoms with van der Waals surface area (Å²) in [5.74, 6) is 0.564. The van der Waals surface area contributed by atoms with E-state index in [9.17, 15) is 4.39 Å². The molecule has 1 aliphatic carbocycles. The molecule has 3 aromatic rings. The van der Waals surface area contributed by atoms with Gasteiger partial charge in [-0.05, 0) is 72.2 Å². The Kier molecular flexibility index (Phi) is 6.03. The first-order valence-electron chi connectivity index (χ1n) is 11.0. The molecule has 170 valence electrons. The molecule has 2 heterocycles. The van der Waals surface area contributed by atoms with Crippen LogP contribution in [-0.4, -0.2) is 48.1 Å². The normalized spacial score (nSPS) is 15.9. The highest BCUT2D eigenvalue weighted by molar-refractivity contribution is 9.10. The van der Waals surface area contributed by atoms with Gasteiger partial charge in [0.15, 0.2) is 17.4 Å². The first kappa shape index (κ1) is 21.9. The number of nitrogens with one attached hydrogen (secondary N) is 1. The van der Waals surface area contributed by atoms with Gasteiger partial charge in [-0.15, -0.1) is 0 Å². The summed E-state index contributed by atoms with van der Waals surface area (Å²) in [7, 11) is 2.15. The van der Waals surface area contributed by atoms with Gasteiger partial charge in [0.05, 0.1) is 0 Å². The van der Waals surface area contributed by atoms with Crippen molar-refractivity contribution in [2.24, 2.45) is 0 Å². The fourth-order valence-electron chi connectivity index (χ4n) is 4.17.